The van der Waals surface area contributed by atoms with Crippen molar-refractivity contribution >= 4 is 15.7 Å². The Kier molecular flexibility index (Phi) is 4.19. The van der Waals surface area contributed by atoms with E-state index in [0.29, 0.717) is 17.7 Å². The standard InChI is InChI=1S/C13H11F3N2O2S/c14-10-4-5-11(13(16)12(10)15)21(19,20)18-9-3-1-2-8(6-9)7-17/h1-6,18H,7,17H2. The molecule has 0 aliphatic rings. The summed E-state index contributed by atoms with van der Waals surface area (Å²) in [4.78, 5) is -0.973. The number of hydrogen-bond donors (Lipinski definition) is 2. The fourth-order valence-corrected chi connectivity index (χ4v) is 2.81. The molecule has 0 atom stereocenters. The molecule has 0 radical (unpaired) electrons. The van der Waals surface area contributed by atoms with Gasteiger partial charge in [-0.05, 0) is 29.8 Å². The van der Waals surface area contributed by atoms with E-state index in [9.17, 15) is 21.6 Å². The summed E-state index contributed by atoms with van der Waals surface area (Å²) in [5, 5.41) is 0. The van der Waals surface area contributed by atoms with Crippen LogP contribution in [-0.4, -0.2) is 8.42 Å². The second-order valence-corrected chi connectivity index (χ2v) is 5.83. The van der Waals surface area contributed by atoms with Crippen LogP contribution >= 0.6 is 0 Å². The van der Waals surface area contributed by atoms with Crippen molar-refractivity contribution in [2.24, 2.45) is 5.73 Å². The lowest BCUT2D eigenvalue weighted by Crippen LogP contribution is -2.16. The van der Waals surface area contributed by atoms with Gasteiger partial charge in [0.2, 0.25) is 0 Å². The molecule has 112 valence electrons. The van der Waals surface area contributed by atoms with E-state index in [4.69, 9.17) is 5.73 Å². The lowest BCUT2D eigenvalue weighted by molar-refractivity contribution is 0.432. The topological polar surface area (TPSA) is 72.2 Å². The molecule has 2 aromatic carbocycles. The molecule has 21 heavy (non-hydrogen) atoms. The second-order valence-electron chi connectivity index (χ2n) is 4.18. The summed E-state index contributed by atoms with van der Waals surface area (Å²) < 4.78 is 65.6. The molecule has 0 aliphatic carbocycles. The van der Waals surface area contributed by atoms with Crippen molar-refractivity contribution in [3.63, 3.8) is 0 Å². The highest BCUT2D eigenvalue weighted by Gasteiger charge is 2.24. The van der Waals surface area contributed by atoms with Gasteiger partial charge in [0.15, 0.2) is 17.5 Å². The number of sulfonamides is 1. The minimum Gasteiger partial charge on any atom is -0.326 e. The SMILES string of the molecule is NCc1cccc(NS(=O)(=O)c2ccc(F)c(F)c2F)c1. The molecular formula is C13H11F3N2O2S. The Morgan fingerprint density at radius 3 is 2.43 bits per heavy atom. The summed E-state index contributed by atoms with van der Waals surface area (Å²) in [6, 6.07) is 7.31. The fourth-order valence-electron chi connectivity index (χ4n) is 1.69. The zero-order valence-electron chi connectivity index (χ0n) is 10.6. The van der Waals surface area contributed by atoms with Gasteiger partial charge in [0.05, 0.1) is 0 Å². The van der Waals surface area contributed by atoms with Crippen LogP contribution in [0.5, 0.6) is 0 Å². The maximum atomic E-state index is 13.6. The third-order valence-corrected chi connectivity index (χ3v) is 4.10. The first kappa shape index (κ1) is 15.3. The normalized spacial score (nSPS) is 11.4. The lowest BCUT2D eigenvalue weighted by Gasteiger charge is -2.10. The first-order valence-corrected chi connectivity index (χ1v) is 7.29. The van der Waals surface area contributed by atoms with Crippen molar-refractivity contribution in [2.45, 2.75) is 11.4 Å². The van der Waals surface area contributed by atoms with E-state index < -0.39 is 32.4 Å². The molecule has 0 saturated heterocycles. The smallest absolute Gasteiger partial charge is 0.264 e. The van der Waals surface area contributed by atoms with E-state index in [-0.39, 0.29) is 12.2 Å². The minimum absolute atomic E-state index is 0.141. The summed E-state index contributed by atoms with van der Waals surface area (Å²) in [5.74, 6) is -5.07. The van der Waals surface area contributed by atoms with Crippen LogP contribution < -0.4 is 10.5 Å². The third kappa shape index (κ3) is 3.17. The molecule has 2 rings (SSSR count). The molecule has 8 heteroatoms. The summed E-state index contributed by atoms with van der Waals surface area (Å²) >= 11 is 0. The first-order valence-electron chi connectivity index (χ1n) is 5.80. The molecule has 0 bridgehead atoms. The largest absolute Gasteiger partial charge is 0.326 e. The molecule has 0 aliphatic heterocycles. The van der Waals surface area contributed by atoms with Gasteiger partial charge in [0, 0.05) is 12.2 Å². The number of benzene rings is 2. The van der Waals surface area contributed by atoms with E-state index >= 15 is 0 Å². The van der Waals surface area contributed by atoms with Crippen LogP contribution in [0.25, 0.3) is 0 Å². The van der Waals surface area contributed by atoms with Gasteiger partial charge in [0.25, 0.3) is 10.0 Å². The zero-order chi connectivity index (χ0) is 15.6. The predicted molar refractivity (Wildman–Crippen MR) is 71.5 cm³/mol. The van der Waals surface area contributed by atoms with Gasteiger partial charge in [-0.2, -0.15) is 0 Å². The minimum atomic E-state index is -4.38. The predicted octanol–water partition coefficient (Wildman–Crippen LogP) is 2.36. The van der Waals surface area contributed by atoms with Crippen molar-refractivity contribution < 1.29 is 21.6 Å². The Balaban J connectivity index is 2.41. The highest BCUT2D eigenvalue weighted by Crippen LogP contribution is 2.22. The van der Waals surface area contributed by atoms with Crippen LogP contribution in [0.15, 0.2) is 41.3 Å². The van der Waals surface area contributed by atoms with Crippen LogP contribution in [0.3, 0.4) is 0 Å². The van der Waals surface area contributed by atoms with Crippen molar-refractivity contribution in [3.05, 3.63) is 59.4 Å². The van der Waals surface area contributed by atoms with Crippen LogP contribution in [0, 0.1) is 17.5 Å². The van der Waals surface area contributed by atoms with Crippen molar-refractivity contribution in [3.8, 4) is 0 Å². The molecule has 3 N–H and O–H groups in total. The van der Waals surface area contributed by atoms with E-state index in [2.05, 4.69) is 4.72 Å². The Morgan fingerprint density at radius 2 is 1.76 bits per heavy atom. The third-order valence-electron chi connectivity index (χ3n) is 2.70. The van der Waals surface area contributed by atoms with Gasteiger partial charge in [-0.3, -0.25) is 4.72 Å². The fraction of sp³-hybridized carbons (Fsp3) is 0.0769. The number of hydrogen-bond acceptors (Lipinski definition) is 3. The average Bonchev–Trinajstić information content (AvgIpc) is 2.44. The van der Waals surface area contributed by atoms with Crippen molar-refractivity contribution in [1.29, 1.82) is 0 Å². The molecule has 2 aromatic rings. The molecule has 0 aromatic heterocycles. The van der Waals surface area contributed by atoms with E-state index in [0.717, 1.165) is 0 Å². The quantitative estimate of drug-likeness (QED) is 0.851. The van der Waals surface area contributed by atoms with Gasteiger partial charge in [-0.25, -0.2) is 21.6 Å². The molecule has 0 heterocycles. The first-order chi connectivity index (χ1) is 9.85. The Bertz CT molecular complexity index is 779. The summed E-state index contributed by atoms with van der Waals surface area (Å²) in [7, 11) is -4.38. The lowest BCUT2D eigenvalue weighted by atomic mass is 10.2. The van der Waals surface area contributed by atoms with E-state index in [1.165, 1.54) is 12.1 Å². The Labute approximate surface area is 119 Å². The number of rotatable bonds is 4. The highest BCUT2D eigenvalue weighted by molar-refractivity contribution is 7.92. The van der Waals surface area contributed by atoms with E-state index in [1.54, 1.807) is 12.1 Å². The molecule has 4 nitrogen and oxygen atoms in total. The van der Waals surface area contributed by atoms with Crippen LogP contribution in [0.4, 0.5) is 18.9 Å². The number of halogens is 3. The molecule has 0 spiro atoms. The highest BCUT2D eigenvalue weighted by atomic mass is 32.2. The Hall–Kier alpha value is -2.06. The van der Waals surface area contributed by atoms with Crippen molar-refractivity contribution in [2.75, 3.05) is 4.72 Å². The van der Waals surface area contributed by atoms with Crippen LogP contribution in [-0.2, 0) is 16.6 Å². The molecule has 0 saturated carbocycles. The maximum absolute atomic E-state index is 13.6. The monoisotopic (exact) mass is 316 g/mol. The number of nitrogens with two attached hydrogens (primary N) is 1. The van der Waals surface area contributed by atoms with Gasteiger partial charge in [-0.15, -0.1) is 0 Å². The zero-order valence-corrected chi connectivity index (χ0v) is 11.4. The molecular weight excluding hydrogens is 305 g/mol. The Morgan fingerprint density at radius 1 is 1.05 bits per heavy atom. The summed E-state index contributed by atoms with van der Waals surface area (Å²) in [5.41, 5.74) is 6.22. The van der Waals surface area contributed by atoms with Crippen LogP contribution in [0.1, 0.15) is 5.56 Å². The molecule has 0 amide bonds. The van der Waals surface area contributed by atoms with Gasteiger partial charge >= 0.3 is 0 Å². The maximum Gasteiger partial charge on any atom is 0.264 e. The molecule has 0 fully saturated rings. The number of anilines is 1. The molecule has 0 unspecified atom stereocenters. The van der Waals surface area contributed by atoms with Gasteiger partial charge in [-0.1, -0.05) is 12.1 Å². The summed E-state index contributed by atoms with van der Waals surface area (Å²) in [6.07, 6.45) is 0. The second kappa shape index (κ2) is 5.74. The van der Waals surface area contributed by atoms with Crippen LogP contribution in [0.2, 0.25) is 0 Å². The van der Waals surface area contributed by atoms with Gasteiger partial charge in [0.1, 0.15) is 4.90 Å². The summed E-state index contributed by atoms with van der Waals surface area (Å²) in [6.45, 7) is 0.190. The number of nitrogens with one attached hydrogen (secondary N) is 1. The van der Waals surface area contributed by atoms with Gasteiger partial charge < -0.3 is 5.73 Å². The van der Waals surface area contributed by atoms with Crippen molar-refractivity contribution in [1.82, 2.24) is 0 Å². The average molecular weight is 316 g/mol. The van der Waals surface area contributed by atoms with E-state index in [1.807, 2.05) is 0 Å².